The molecule has 148 valence electrons. The van der Waals surface area contributed by atoms with Crippen LogP contribution in [0.3, 0.4) is 0 Å². The van der Waals surface area contributed by atoms with E-state index in [0.29, 0.717) is 38.4 Å². The molecule has 1 N–H and O–H groups in total. The van der Waals surface area contributed by atoms with E-state index in [1.807, 2.05) is 17.0 Å². The van der Waals surface area contributed by atoms with Gasteiger partial charge in [-0.2, -0.15) is 0 Å². The van der Waals surface area contributed by atoms with Crippen molar-refractivity contribution in [3.63, 3.8) is 0 Å². The van der Waals surface area contributed by atoms with Crippen molar-refractivity contribution in [2.24, 2.45) is 0 Å². The van der Waals surface area contributed by atoms with Gasteiger partial charge in [0.15, 0.2) is 0 Å². The quantitative estimate of drug-likeness (QED) is 0.774. The number of halogens is 1. The van der Waals surface area contributed by atoms with Crippen molar-refractivity contribution in [2.75, 3.05) is 44.3 Å². The highest BCUT2D eigenvalue weighted by molar-refractivity contribution is 5.79. The van der Waals surface area contributed by atoms with Gasteiger partial charge in [-0.15, -0.1) is 0 Å². The smallest absolute Gasteiger partial charge is 0.248 e. The number of anilines is 1. The monoisotopic (exact) mass is 386 g/mol. The lowest BCUT2D eigenvalue weighted by Crippen LogP contribution is -2.50. The molecule has 1 aromatic heterocycles. The van der Waals surface area contributed by atoms with Crippen molar-refractivity contribution in [1.29, 1.82) is 0 Å². The molecule has 2 aromatic rings. The van der Waals surface area contributed by atoms with E-state index < -0.39 is 0 Å². The normalized spacial score (nSPS) is 14.0. The van der Waals surface area contributed by atoms with Crippen LogP contribution in [0.4, 0.5) is 10.1 Å². The topological polar surface area (TPSA) is 74.8 Å². The number of aromatic nitrogens is 1. The Balaban J connectivity index is 1.34. The van der Waals surface area contributed by atoms with E-state index in [9.17, 15) is 14.0 Å². The van der Waals surface area contributed by atoms with Crippen LogP contribution < -0.4 is 10.2 Å². The van der Waals surface area contributed by atoms with Crippen LogP contribution in [0.15, 0.2) is 48.7 Å². The predicted octanol–water partition coefficient (Wildman–Crippen LogP) is 1.20. The number of para-hydroxylation sites is 1. The van der Waals surface area contributed by atoms with Gasteiger partial charge in [0.25, 0.3) is 0 Å². The van der Waals surface area contributed by atoms with Gasteiger partial charge in [-0.3, -0.25) is 14.6 Å². The lowest BCUT2D eigenvalue weighted by Gasteiger charge is -2.36. The minimum Gasteiger partial charge on any atom is -0.366 e. The Kier molecular flexibility index (Phi) is 6.91. The van der Waals surface area contributed by atoms with Crippen LogP contribution in [-0.4, -0.2) is 61.1 Å². The van der Waals surface area contributed by atoms with Crippen molar-refractivity contribution in [1.82, 2.24) is 15.2 Å². The van der Waals surface area contributed by atoms with E-state index in [0.717, 1.165) is 5.69 Å². The summed E-state index contributed by atoms with van der Waals surface area (Å²) < 4.78 is 19.1. The Labute approximate surface area is 163 Å². The Morgan fingerprint density at radius 1 is 1.04 bits per heavy atom. The van der Waals surface area contributed by atoms with Crippen LogP contribution in [-0.2, 0) is 20.9 Å². The SMILES string of the molecule is O=C(COCC(=O)N1CCN(c2ccccc2F)CC1)NCc1ccccn1. The lowest BCUT2D eigenvalue weighted by atomic mass is 10.2. The maximum atomic E-state index is 13.9. The van der Waals surface area contributed by atoms with Gasteiger partial charge in [-0.05, 0) is 24.3 Å². The van der Waals surface area contributed by atoms with E-state index >= 15 is 0 Å². The molecule has 2 heterocycles. The van der Waals surface area contributed by atoms with E-state index in [2.05, 4.69) is 10.3 Å². The summed E-state index contributed by atoms with van der Waals surface area (Å²) in [5.41, 5.74) is 1.30. The van der Waals surface area contributed by atoms with E-state index in [1.165, 1.54) is 6.07 Å². The third-order valence-corrected chi connectivity index (χ3v) is 4.48. The summed E-state index contributed by atoms with van der Waals surface area (Å²) in [6.45, 7) is 2.05. The highest BCUT2D eigenvalue weighted by Crippen LogP contribution is 2.20. The summed E-state index contributed by atoms with van der Waals surface area (Å²) in [5, 5.41) is 2.69. The molecule has 0 spiro atoms. The van der Waals surface area contributed by atoms with Crippen molar-refractivity contribution >= 4 is 17.5 Å². The summed E-state index contributed by atoms with van der Waals surface area (Å²) in [7, 11) is 0. The van der Waals surface area contributed by atoms with Crippen molar-refractivity contribution in [2.45, 2.75) is 6.54 Å². The zero-order valence-corrected chi connectivity index (χ0v) is 15.5. The molecular formula is C20H23FN4O3. The average Bonchev–Trinajstić information content (AvgIpc) is 2.73. The van der Waals surface area contributed by atoms with Crippen molar-refractivity contribution in [3.05, 3.63) is 60.2 Å². The molecule has 1 fully saturated rings. The van der Waals surface area contributed by atoms with Gasteiger partial charge in [0.1, 0.15) is 19.0 Å². The molecular weight excluding hydrogens is 363 g/mol. The zero-order chi connectivity index (χ0) is 19.8. The summed E-state index contributed by atoms with van der Waals surface area (Å²) in [5.74, 6) is -0.740. The molecule has 1 aliphatic rings. The maximum Gasteiger partial charge on any atom is 0.248 e. The molecule has 3 rings (SSSR count). The average molecular weight is 386 g/mol. The van der Waals surface area contributed by atoms with E-state index in [4.69, 9.17) is 4.74 Å². The highest BCUT2D eigenvalue weighted by Gasteiger charge is 2.22. The third kappa shape index (κ3) is 5.50. The zero-order valence-electron chi connectivity index (χ0n) is 15.5. The van der Waals surface area contributed by atoms with Crippen LogP contribution >= 0.6 is 0 Å². The lowest BCUT2D eigenvalue weighted by molar-refractivity contribution is -0.138. The van der Waals surface area contributed by atoms with Crippen LogP contribution in [0, 0.1) is 5.82 Å². The number of hydrogen-bond acceptors (Lipinski definition) is 5. The van der Waals surface area contributed by atoms with Crippen molar-refractivity contribution < 1.29 is 18.7 Å². The fourth-order valence-corrected chi connectivity index (χ4v) is 2.97. The van der Waals surface area contributed by atoms with Gasteiger partial charge in [0.2, 0.25) is 11.8 Å². The minimum absolute atomic E-state index is 0.156. The van der Waals surface area contributed by atoms with Crippen LogP contribution in [0.25, 0.3) is 0 Å². The van der Waals surface area contributed by atoms with Gasteiger partial charge in [0, 0.05) is 32.4 Å². The summed E-state index contributed by atoms with van der Waals surface area (Å²) >= 11 is 0. The summed E-state index contributed by atoms with van der Waals surface area (Å²) in [6.07, 6.45) is 1.66. The number of piperazine rings is 1. The summed E-state index contributed by atoms with van der Waals surface area (Å²) in [4.78, 5) is 31.7. The molecule has 0 bridgehead atoms. The second kappa shape index (κ2) is 9.80. The molecule has 0 aliphatic carbocycles. The fraction of sp³-hybridized carbons (Fsp3) is 0.350. The Morgan fingerprint density at radius 2 is 1.79 bits per heavy atom. The number of amides is 2. The fourth-order valence-electron chi connectivity index (χ4n) is 2.97. The number of ether oxygens (including phenoxy) is 1. The van der Waals surface area contributed by atoms with Crippen LogP contribution in [0.2, 0.25) is 0 Å². The first-order valence-electron chi connectivity index (χ1n) is 9.15. The highest BCUT2D eigenvalue weighted by atomic mass is 19.1. The van der Waals surface area contributed by atoms with Crippen LogP contribution in [0.5, 0.6) is 0 Å². The molecule has 0 atom stereocenters. The third-order valence-electron chi connectivity index (χ3n) is 4.48. The largest absolute Gasteiger partial charge is 0.366 e. The maximum absolute atomic E-state index is 13.9. The van der Waals surface area contributed by atoms with E-state index in [1.54, 1.807) is 35.4 Å². The standard InChI is InChI=1S/C20H23FN4O3/c21-17-6-1-2-7-18(17)24-9-11-25(12-10-24)20(27)15-28-14-19(26)23-13-16-5-3-4-8-22-16/h1-8H,9-15H2,(H,23,26). The number of nitrogens with zero attached hydrogens (tertiary/aromatic N) is 3. The Morgan fingerprint density at radius 3 is 2.50 bits per heavy atom. The van der Waals surface area contributed by atoms with Gasteiger partial charge in [-0.25, -0.2) is 4.39 Å². The summed E-state index contributed by atoms with van der Waals surface area (Å²) in [6, 6.07) is 12.1. The van der Waals surface area contributed by atoms with E-state index in [-0.39, 0.29) is 30.8 Å². The first-order valence-corrected chi connectivity index (χ1v) is 9.15. The number of rotatable bonds is 7. The molecule has 1 saturated heterocycles. The minimum atomic E-state index is -0.303. The first kappa shape index (κ1) is 19.8. The first-order chi connectivity index (χ1) is 13.6. The molecule has 28 heavy (non-hydrogen) atoms. The van der Waals surface area contributed by atoms with Gasteiger partial charge in [0.05, 0.1) is 17.9 Å². The Bertz CT molecular complexity index is 795. The predicted molar refractivity (Wildman–Crippen MR) is 102 cm³/mol. The molecule has 7 nitrogen and oxygen atoms in total. The number of pyridine rings is 1. The van der Waals surface area contributed by atoms with Crippen molar-refractivity contribution in [3.8, 4) is 0 Å². The van der Waals surface area contributed by atoms with Gasteiger partial charge < -0.3 is 19.9 Å². The molecule has 1 aliphatic heterocycles. The molecule has 0 unspecified atom stereocenters. The number of carbonyl (C=O) groups is 2. The van der Waals surface area contributed by atoms with Gasteiger partial charge >= 0.3 is 0 Å². The number of benzene rings is 1. The molecule has 0 radical (unpaired) electrons. The Hall–Kier alpha value is -3.00. The van der Waals surface area contributed by atoms with Crippen LogP contribution in [0.1, 0.15) is 5.69 Å². The van der Waals surface area contributed by atoms with Gasteiger partial charge in [-0.1, -0.05) is 18.2 Å². The molecule has 0 saturated carbocycles. The molecule has 2 amide bonds. The number of nitrogens with one attached hydrogen (secondary N) is 1. The molecule has 8 heteroatoms. The second-order valence-electron chi connectivity index (χ2n) is 6.41. The number of carbonyl (C=O) groups excluding carboxylic acids is 2. The molecule has 1 aromatic carbocycles. The second-order valence-corrected chi connectivity index (χ2v) is 6.41. The number of hydrogen-bond donors (Lipinski definition) is 1.